The lowest BCUT2D eigenvalue weighted by molar-refractivity contribution is -0.141. The van der Waals surface area contributed by atoms with Gasteiger partial charge in [0.1, 0.15) is 6.04 Å². The van der Waals surface area contributed by atoms with E-state index >= 15 is 0 Å². The lowest BCUT2D eigenvalue weighted by Gasteiger charge is -2.35. The number of carboxylic acid groups (broad SMARTS) is 1. The molecule has 1 saturated heterocycles. The SMILES string of the molecule is O=C(O)C1NCC(O)C2c3ccccc3NC12. The standard InChI is InChI=1S/C12H14N2O3/c15-8-5-13-11(12(16)17)10-9(8)6-3-1-2-4-7(6)14-10/h1-4,8-11,13-15H,5H2,(H,16,17). The third-order valence-corrected chi connectivity index (χ3v) is 3.62. The van der Waals surface area contributed by atoms with Crippen LogP contribution in [0.2, 0.25) is 0 Å². The second kappa shape index (κ2) is 3.72. The fourth-order valence-electron chi connectivity index (χ4n) is 2.86. The molecule has 0 aromatic heterocycles. The zero-order valence-electron chi connectivity index (χ0n) is 9.13. The number of hydrogen-bond donors (Lipinski definition) is 4. The Morgan fingerprint density at radius 3 is 2.88 bits per heavy atom. The number of carbonyl (C=O) groups is 1. The number of hydrogen-bond acceptors (Lipinski definition) is 4. The van der Waals surface area contributed by atoms with E-state index < -0.39 is 18.1 Å². The number of β-amino-alcohol motifs (C(OH)–C–C–N with tert-alkyl or cyclic N) is 1. The van der Waals surface area contributed by atoms with Crippen molar-refractivity contribution in [3.05, 3.63) is 29.8 Å². The molecule has 4 atom stereocenters. The van der Waals surface area contributed by atoms with Gasteiger partial charge in [-0.05, 0) is 11.6 Å². The third-order valence-electron chi connectivity index (χ3n) is 3.62. The summed E-state index contributed by atoms with van der Waals surface area (Å²) in [5.74, 6) is -1.03. The van der Waals surface area contributed by atoms with Crippen molar-refractivity contribution in [3.8, 4) is 0 Å². The normalized spacial score (nSPS) is 34.6. The number of aliphatic carboxylic acids is 1. The first-order valence-electron chi connectivity index (χ1n) is 5.68. The van der Waals surface area contributed by atoms with Crippen molar-refractivity contribution >= 4 is 11.7 Å². The molecular weight excluding hydrogens is 220 g/mol. The van der Waals surface area contributed by atoms with Gasteiger partial charge in [-0.2, -0.15) is 0 Å². The topological polar surface area (TPSA) is 81.6 Å². The molecule has 0 spiro atoms. The molecule has 0 amide bonds. The highest BCUT2D eigenvalue weighted by atomic mass is 16.4. The van der Waals surface area contributed by atoms with E-state index in [1.807, 2.05) is 24.3 Å². The Bertz CT molecular complexity index is 463. The average Bonchev–Trinajstić information content (AvgIpc) is 2.68. The molecule has 4 N–H and O–H groups in total. The van der Waals surface area contributed by atoms with Crippen LogP contribution in [-0.4, -0.2) is 40.9 Å². The van der Waals surface area contributed by atoms with Crippen LogP contribution in [0.25, 0.3) is 0 Å². The number of rotatable bonds is 1. The van der Waals surface area contributed by atoms with Gasteiger partial charge in [0, 0.05) is 18.2 Å². The quantitative estimate of drug-likeness (QED) is 0.549. The van der Waals surface area contributed by atoms with Gasteiger partial charge in [-0.15, -0.1) is 0 Å². The molecule has 2 aliphatic rings. The third kappa shape index (κ3) is 1.50. The molecule has 5 heteroatoms. The number of anilines is 1. The lowest BCUT2D eigenvalue weighted by atomic mass is 9.83. The van der Waals surface area contributed by atoms with Crippen LogP contribution in [0, 0.1) is 0 Å². The van der Waals surface area contributed by atoms with Gasteiger partial charge in [-0.25, -0.2) is 0 Å². The number of aliphatic hydroxyl groups is 1. The summed E-state index contributed by atoms with van der Waals surface area (Å²) in [6.45, 7) is 0.314. The predicted octanol–water partition coefficient (Wildman–Crippen LogP) is -0.0184. The number of fused-ring (bicyclic) bond motifs is 3. The maximum atomic E-state index is 11.2. The molecule has 90 valence electrons. The van der Waals surface area contributed by atoms with E-state index in [-0.39, 0.29) is 12.0 Å². The summed E-state index contributed by atoms with van der Waals surface area (Å²) in [7, 11) is 0. The van der Waals surface area contributed by atoms with Gasteiger partial charge in [-0.3, -0.25) is 4.79 Å². The first kappa shape index (κ1) is 10.6. The Balaban J connectivity index is 2.01. The average molecular weight is 234 g/mol. The van der Waals surface area contributed by atoms with Crippen molar-refractivity contribution in [2.24, 2.45) is 0 Å². The van der Waals surface area contributed by atoms with Crippen LogP contribution in [0.1, 0.15) is 11.5 Å². The molecule has 4 unspecified atom stereocenters. The molecule has 0 saturated carbocycles. The smallest absolute Gasteiger partial charge is 0.322 e. The van der Waals surface area contributed by atoms with Crippen LogP contribution >= 0.6 is 0 Å². The van der Waals surface area contributed by atoms with Gasteiger partial charge in [-0.1, -0.05) is 18.2 Å². The van der Waals surface area contributed by atoms with Crippen LogP contribution in [0.15, 0.2) is 24.3 Å². The number of para-hydroxylation sites is 1. The Morgan fingerprint density at radius 1 is 1.35 bits per heavy atom. The predicted molar refractivity (Wildman–Crippen MR) is 62.0 cm³/mol. The Hall–Kier alpha value is -1.59. The van der Waals surface area contributed by atoms with E-state index in [9.17, 15) is 9.90 Å². The summed E-state index contributed by atoms with van der Waals surface area (Å²) in [5.41, 5.74) is 1.94. The van der Waals surface area contributed by atoms with Gasteiger partial charge in [0.15, 0.2) is 0 Å². The van der Waals surface area contributed by atoms with Gasteiger partial charge in [0.05, 0.1) is 12.1 Å². The second-order valence-electron chi connectivity index (χ2n) is 4.57. The fourth-order valence-corrected chi connectivity index (χ4v) is 2.86. The maximum Gasteiger partial charge on any atom is 0.322 e. The van der Waals surface area contributed by atoms with Crippen molar-refractivity contribution in [1.29, 1.82) is 0 Å². The molecular formula is C12H14N2O3. The Labute approximate surface area is 98.5 Å². The minimum absolute atomic E-state index is 0.145. The summed E-state index contributed by atoms with van der Waals surface area (Å²) in [5, 5.41) is 25.3. The summed E-state index contributed by atoms with van der Waals surface area (Å²) >= 11 is 0. The summed E-state index contributed by atoms with van der Waals surface area (Å²) in [6.07, 6.45) is -0.549. The van der Waals surface area contributed by atoms with Crippen LogP contribution in [0.5, 0.6) is 0 Å². The fraction of sp³-hybridized carbons (Fsp3) is 0.417. The van der Waals surface area contributed by atoms with Gasteiger partial charge < -0.3 is 20.8 Å². The molecule has 3 rings (SSSR count). The summed E-state index contributed by atoms with van der Waals surface area (Å²) < 4.78 is 0. The van der Waals surface area contributed by atoms with E-state index in [4.69, 9.17) is 5.11 Å². The number of piperidine rings is 1. The maximum absolute atomic E-state index is 11.2. The molecule has 5 nitrogen and oxygen atoms in total. The molecule has 0 bridgehead atoms. The minimum atomic E-state index is -0.882. The van der Waals surface area contributed by atoms with E-state index in [1.54, 1.807) is 0 Å². The molecule has 1 aromatic carbocycles. The molecule has 2 heterocycles. The van der Waals surface area contributed by atoms with E-state index in [1.165, 1.54) is 0 Å². The Morgan fingerprint density at radius 2 is 2.12 bits per heavy atom. The largest absolute Gasteiger partial charge is 0.480 e. The van der Waals surface area contributed by atoms with Crippen molar-refractivity contribution in [2.75, 3.05) is 11.9 Å². The lowest BCUT2D eigenvalue weighted by Crippen LogP contribution is -2.59. The van der Waals surface area contributed by atoms with E-state index in [0.29, 0.717) is 6.54 Å². The molecule has 0 aliphatic carbocycles. The summed E-state index contributed by atoms with van der Waals surface area (Å²) in [6, 6.07) is 6.73. The number of nitrogens with one attached hydrogen (secondary N) is 2. The molecule has 17 heavy (non-hydrogen) atoms. The highest BCUT2D eigenvalue weighted by Gasteiger charge is 2.47. The van der Waals surface area contributed by atoms with Gasteiger partial charge in [0.2, 0.25) is 0 Å². The number of aliphatic hydroxyl groups excluding tert-OH is 1. The summed E-state index contributed by atoms with van der Waals surface area (Å²) in [4.78, 5) is 11.2. The molecule has 0 radical (unpaired) electrons. The van der Waals surface area contributed by atoms with Crippen molar-refractivity contribution < 1.29 is 15.0 Å². The van der Waals surface area contributed by atoms with Crippen LogP contribution in [0.3, 0.4) is 0 Å². The highest BCUT2D eigenvalue weighted by Crippen LogP contribution is 2.40. The first-order valence-corrected chi connectivity index (χ1v) is 5.68. The molecule has 2 aliphatic heterocycles. The zero-order valence-corrected chi connectivity index (χ0v) is 9.13. The van der Waals surface area contributed by atoms with Crippen molar-refractivity contribution in [1.82, 2.24) is 5.32 Å². The van der Waals surface area contributed by atoms with Crippen LogP contribution < -0.4 is 10.6 Å². The zero-order chi connectivity index (χ0) is 12.0. The van der Waals surface area contributed by atoms with Crippen LogP contribution in [0.4, 0.5) is 5.69 Å². The van der Waals surface area contributed by atoms with Crippen molar-refractivity contribution in [3.63, 3.8) is 0 Å². The first-order chi connectivity index (χ1) is 8.18. The Kier molecular flexibility index (Phi) is 2.31. The minimum Gasteiger partial charge on any atom is -0.480 e. The van der Waals surface area contributed by atoms with E-state index in [0.717, 1.165) is 11.3 Å². The number of benzene rings is 1. The van der Waals surface area contributed by atoms with E-state index in [2.05, 4.69) is 10.6 Å². The highest BCUT2D eigenvalue weighted by molar-refractivity contribution is 5.77. The number of carboxylic acids is 1. The monoisotopic (exact) mass is 234 g/mol. The van der Waals surface area contributed by atoms with Crippen molar-refractivity contribution in [2.45, 2.75) is 24.1 Å². The second-order valence-corrected chi connectivity index (χ2v) is 4.57. The molecule has 1 fully saturated rings. The van der Waals surface area contributed by atoms with Crippen LogP contribution in [-0.2, 0) is 4.79 Å². The van der Waals surface area contributed by atoms with Gasteiger partial charge >= 0.3 is 5.97 Å². The van der Waals surface area contributed by atoms with Gasteiger partial charge in [0.25, 0.3) is 0 Å². The molecule has 1 aromatic rings.